The average Bonchev–Trinajstić information content (AvgIpc) is 2.79. The Hall–Kier alpha value is -0.780. The predicted octanol–water partition coefficient (Wildman–Crippen LogP) is 3.73. The number of rotatable bonds is 5. The molecule has 1 heterocycles. The number of hydrogen-bond acceptors (Lipinski definition) is 3. The molecule has 0 amide bonds. The molecule has 0 aliphatic carbocycles. The first-order chi connectivity index (χ1) is 9.10. The van der Waals surface area contributed by atoms with Crippen LogP contribution in [-0.4, -0.2) is 18.1 Å². The molecule has 0 spiro atoms. The molecule has 0 saturated carbocycles. The minimum Gasteiger partial charge on any atom is -0.316 e. The van der Waals surface area contributed by atoms with E-state index in [1.807, 2.05) is 20.0 Å². The maximum atomic E-state index is 13.5. The van der Waals surface area contributed by atoms with E-state index in [0.29, 0.717) is 4.47 Å². The summed E-state index contributed by atoms with van der Waals surface area (Å²) in [5.41, 5.74) is 2.04. The van der Waals surface area contributed by atoms with Crippen LogP contribution in [0, 0.1) is 12.7 Å². The number of aryl methyl sites for hydroxylation is 1. The number of halogens is 2. The summed E-state index contributed by atoms with van der Waals surface area (Å²) < 4.78 is 14.0. The lowest BCUT2D eigenvalue weighted by atomic mass is 10.0. The maximum Gasteiger partial charge on any atom is 0.137 e. The zero-order valence-corrected chi connectivity index (χ0v) is 13.3. The second-order valence-corrected chi connectivity index (χ2v) is 6.23. The van der Waals surface area contributed by atoms with E-state index in [4.69, 9.17) is 0 Å². The first-order valence-corrected chi connectivity index (χ1v) is 7.78. The van der Waals surface area contributed by atoms with Crippen molar-refractivity contribution in [3.63, 3.8) is 0 Å². The third-order valence-electron chi connectivity index (χ3n) is 2.99. The van der Waals surface area contributed by atoms with E-state index in [2.05, 4.69) is 31.6 Å². The summed E-state index contributed by atoms with van der Waals surface area (Å²) >= 11 is 4.99. The summed E-state index contributed by atoms with van der Waals surface area (Å²) in [5, 5.41) is 6.45. The highest BCUT2D eigenvalue weighted by molar-refractivity contribution is 9.10. The summed E-state index contributed by atoms with van der Waals surface area (Å²) in [5.74, 6) is -0.211. The average molecular weight is 343 g/mol. The molecule has 5 heteroatoms. The Balaban J connectivity index is 2.08. The number of thiazole rings is 1. The Kier molecular flexibility index (Phi) is 5.07. The molecule has 0 saturated heterocycles. The minimum absolute atomic E-state index is 0.211. The van der Waals surface area contributed by atoms with Crippen LogP contribution in [0.5, 0.6) is 0 Å². The third-order valence-corrected chi connectivity index (χ3v) is 4.87. The molecular weight excluding hydrogens is 327 g/mol. The molecule has 2 aromatic rings. The molecule has 1 aromatic heterocycles. The van der Waals surface area contributed by atoms with Crippen molar-refractivity contribution in [3.05, 3.63) is 50.1 Å². The van der Waals surface area contributed by atoms with Crippen molar-refractivity contribution in [1.82, 2.24) is 10.3 Å². The molecule has 1 unspecified atom stereocenters. The summed E-state index contributed by atoms with van der Waals surface area (Å²) in [6, 6.07) is 5.41. The van der Waals surface area contributed by atoms with E-state index in [1.54, 1.807) is 17.4 Å². The SMILES string of the molecule is CNC(Cc1nc(C)cs1)Cc1cccc(F)c1Br. The summed E-state index contributed by atoms with van der Waals surface area (Å²) in [6.07, 6.45) is 1.63. The second-order valence-electron chi connectivity index (χ2n) is 4.49. The molecule has 102 valence electrons. The molecule has 1 aromatic carbocycles. The smallest absolute Gasteiger partial charge is 0.137 e. The highest BCUT2D eigenvalue weighted by Gasteiger charge is 2.14. The van der Waals surface area contributed by atoms with Crippen molar-refractivity contribution in [3.8, 4) is 0 Å². The van der Waals surface area contributed by atoms with Crippen molar-refractivity contribution in [2.75, 3.05) is 7.05 Å². The van der Waals surface area contributed by atoms with Gasteiger partial charge in [-0.2, -0.15) is 0 Å². The van der Waals surface area contributed by atoms with Gasteiger partial charge < -0.3 is 5.32 Å². The number of likely N-dealkylation sites (N-methyl/N-ethyl adjacent to an activating group) is 1. The molecule has 1 N–H and O–H groups in total. The fraction of sp³-hybridized carbons (Fsp3) is 0.357. The molecule has 0 aliphatic heterocycles. The van der Waals surface area contributed by atoms with Gasteiger partial charge in [-0.05, 0) is 48.0 Å². The van der Waals surface area contributed by atoms with Crippen LogP contribution >= 0.6 is 27.3 Å². The zero-order valence-electron chi connectivity index (χ0n) is 10.9. The van der Waals surface area contributed by atoms with Crippen LogP contribution < -0.4 is 5.32 Å². The Morgan fingerprint density at radius 1 is 1.42 bits per heavy atom. The van der Waals surface area contributed by atoms with E-state index in [9.17, 15) is 4.39 Å². The van der Waals surface area contributed by atoms with Crippen LogP contribution in [-0.2, 0) is 12.8 Å². The molecule has 19 heavy (non-hydrogen) atoms. The van der Waals surface area contributed by atoms with Gasteiger partial charge in [0, 0.05) is 23.5 Å². The fourth-order valence-corrected chi connectivity index (χ4v) is 3.23. The molecule has 0 bridgehead atoms. The Morgan fingerprint density at radius 3 is 2.84 bits per heavy atom. The van der Waals surface area contributed by atoms with Crippen LogP contribution in [0.3, 0.4) is 0 Å². The van der Waals surface area contributed by atoms with Gasteiger partial charge in [0.15, 0.2) is 0 Å². The highest BCUT2D eigenvalue weighted by atomic mass is 79.9. The lowest BCUT2D eigenvalue weighted by Gasteiger charge is -2.16. The van der Waals surface area contributed by atoms with Crippen LogP contribution in [0.15, 0.2) is 28.1 Å². The third kappa shape index (κ3) is 3.84. The van der Waals surface area contributed by atoms with E-state index < -0.39 is 0 Å². The second kappa shape index (κ2) is 6.59. The Labute approximate surface area is 125 Å². The molecule has 2 nitrogen and oxygen atoms in total. The van der Waals surface area contributed by atoms with Crippen LogP contribution in [0.25, 0.3) is 0 Å². The van der Waals surface area contributed by atoms with Gasteiger partial charge in [-0.1, -0.05) is 12.1 Å². The van der Waals surface area contributed by atoms with Gasteiger partial charge >= 0.3 is 0 Å². The summed E-state index contributed by atoms with van der Waals surface area (Å²) in [4.78, 5) is 4.47. The number of hydrogen-bond donors (Lipinski definition) is 1. The minimum atomic E-state index is -0.211. The molecular formula is C14H16BrFN2S. The van der Waals surface area contributed by atoms with Gasteiger partial charge in [0.05, 0.1) is 9.48 Å². The molecule has 2 rings (SSSR count). The summed E-state index contributed by atoms with van der Waals surface area (Å²) in [7, 11) is 1.93. The van der Waals surface area contributed by atoms with Gasteiger partial charge in [0.1, 0.15) is 5.82 Å². The lowest BCUT2D eigenvalue weighted by Crippen LogP contribution is -2.30. The Morgan fingerprint density at radius 2 is 2.21 bits per heavy atom. The predicted molar refractivity (Wildman–Crippen MR) is 81.2 cm³/mol. The molecule has 0 radical (unpaired) electrons. The van der Waals surface area contributed by atoms with Gasteiger partial charge in [0.25, 0.3) is 0 Å². The van der Waals surface area contributed by atoms with Gasteiger partial charge in [0.2, 0.25) is 0 Å². The normalized spacial score (nSPS) is 12.6. The number of nitrogens with one attached hydrogen (secondary N) is 1. The number of nitrogens with zero attached hydrogens (tertiary/aromatic N) is 1. The topological polar surface area (TPSA) is 24.9 Å². The van der Waals surface area contributed by atoms with Gasteiger partial charge in [-0.25, -0.2) is 9.37 Å². The van der Waals surface area contributed by atoms with Crippen molar-refractivity contribution < 1.29 is 4.39 Å². The first kappa shape index (κ1) is 14.6. The van der Waals surface area contributed by atoms with Crippen LogP contribution in [0.4, 0.5) is 4.39 Å². The lowest BCUT2D eigenvalue weighted by molar-refractivity contribution is 0.549. The van der Waals surface area contributed by atoms with Crippen molar-refractivity contribution in [2.45, 2.75) is 25.8 Å². The van der Waals surface area contributed by atoms with E-state index in [1.165, 1.54) is 6.07 Å². The quantitative estimate of drug-likeness (QED) is 0.895. The number of aromatic nitrogens is 1. The van der Waals surface area contributed by atoms with E-state index in [0.717, 1.165) is 29.1 Å². The molecule has 1 atom stereocenters. The molecule has 0 fully saturated rings. The van der Waals surface area contributed by atoms with Crippen molar-refractivity contribution in [2.24, 2.45) is 0 Å². The van der Waals surface area contributed by atoms with E-state index in [-0.39, 0.29) is 11.9 Å². The Bertz CT molecular complexity index is 556. The van der Waals surface area contributed by atoms with Crippen LogP contribution in [0.1, 0.15) is 16.3 Å². The van der Waals surface area contributed by atoms with Crippen molar-refractivity contribution in [1.29, 1.82) is 0 Å². The van der Waals surface area contributed by atoms with Gasteiger partial charge in [-0.15, -0.1) is 11.3 Å². The standard InChI is InChI=1S/C14H16BrFN2S/c1-9-8-19-13(18-9)7-11(17-2)6-10-4-3-5-12(16)14(10)15/h3-5,8,11,17H,6-7H2,1-2H3. The molecule has 0 aliphatic rings. The number of benzene rings is 1. The van der Waals surface area contributed by atoms with Crippen molar-refractivity contribution >= 4 is 27.3 Å². The van der Waals surface area contributed by atoms with E-state index >= 15 is 0 Å². The van der Waals surface area contributed by atoms with Crippen LogP contribution in [0.2, 0.25) is 0 Å². The fourth-order valence-electron chi connectivity index (χ4n) is 1.96. The largest absolute Gasteiger partial charge is 0.316 e. The zero-order chi connectivity index (χ0) is 13.8. The highest BCUT2D eigenvalue weighted by Crippen LogP contribution is 2.22. The summed E-state index contributed by atoms with van der Waals surface area (Å²) in [6.45, 7) is 2.00. The van der Waals surface area contributed by atoms with Gasteiger partial charge in [-0.3, -0.25) is 0 Å². The maximum absolute atomic E-state index is 13.5. The monoisotopic (exact) mass is 342 g/mol. The first-order valence-electron chi connectivity index (χ1n) is 6.11.